The topological polar surface area (TPSA) is 157 Å². The summed E-state index contributed by atoms with van der Waals surface area (Å²) in [5, 5.41) is 34.9. The molecule has 1 amide bonds. The number of alkyl halides is 1. The highest BCUT2D eigenvalue weighted by Crippen LogP contribution is 2.36. The standard InChI is InChI=1S/C18H25IN4O8/c19-4-6-21(7-8-24)17-14(11-13(22(26)27)12-15(17)23(28)29)18(25)20-5-10-31-16-3-1-2-9-30-16/h11-12,16,24H,1-10H2,(H,20,25). The largest absolute Gasteiger partial charge is 0.395 e. The Morgan fingerprint density at radius 2 is 2.06 bits per heavy atom. The number of anilines is 1. The number of hydrogen-bond donors (Lipinski definition) is 2. The van der Waals surface area contributed by atoms with Crippen molar-refractivity contribution in [2.75, 3.05) is 48.8 Å². The van der Waals surface area contributed by atoms with Crippen LogP contribution in [-0.4, -0.2) is 71.0 Å². The van der Waals surface area contributed by atoms with Crippen LogP contribution in [0.4, 0.5) is 17.1 Å². The maximum atomic E-state index is 12.8. The zero-order valence-electron chi connectivity index (χ0n) is 16.8. The Morgan fingerprint density at radius 1 is 1.29 bits per heavy atom. The minimum atomic E-state index is -0.786. The Morgan fingerprint density at radius 3 is 2.65 bits per heavy atom. The van der Waals surface area contributed by atoms with Gasteiger partial charge in [-0.05, 0) is 19.3 Å². The number of nitro groups is 2. The van der Waals surface area contributed by atoms with Gasteiger partial charge >= 0.3 is 0 Å². The van der Waals surface area contributed by atoms with E-state index < -0.39 is 27.1 Å². The summed E-state index contributed by atoms with van der Waals surface area (Å²) in [6.45, 7) is 0.917. The van der Waals surface area contributed by atoms with Crippen LogP contribution < -0.4 is 10.2 Å². The maximum absolute atomic E-state index is 12.8. The van der Waals surface area contributed by atoms with Gasteiger partial charge in [-0.3, -0.25) is 25.0 Å². The second-order valence-corrected chi connectivity index (χ2v) is 7.78. The van der Waals surface area contributed by atoms with Crippen molar-refractivity contribution >= 4 is 45.6 Å². The van der Waals surface area contributed by atoms with E-state index in [0.29, 0.717) is 17.6 Å². The van der Waals surface area contributed by atoms with Crippen molar-refractivity contribution in [3.05, 3.63) is 37.9 Å². The smallest absolute Gasteiger partial charge is 0.300 e. The van der Waals surface area contributed by atoms with Crippen LogP contribution in [0.2, 0.25) is 0 Å². The summed E-state index contributed by atoms with van der Waals surface area (Å²) in [6, 6.07) is 1.84. The number of ether oxygens (including phenoxy) is 2. The van der Waals surface area contributed by atoms with Crippen LogP contribution in [0.15, 0.2) is 12.1 Å². The third-order valence-corrected chi connectivity index (χ3v) is 5.08. The van der Waals surface area contributed by atoms with Gasteiger partial charge in [0, 0.05) is 36.7 Å². The molecule has 1 fully saturated rings. The van der Waals surface area contributed by atoms with Crippen LogP contribution in [0.1, 0.15) is 29.6 Å². The molecule has 0 aromatic heterocycles. The molecule has 0 radical (unpaired) electrons. The summed E-state index contributed by atoms with van der Waals surface area (Å²) < 4.78 is 11.6. The normalized spacial score (nSPS) is 16.0. The van der Waals surface area contributed by atoms with Crippen molar-refractivity contribution in [1.29, 1.82) is 0 Å². The first-order valence-corrected chi connectivity index (χ1v) is 11.3. The number of carbonyl (C=O) groups is 1. The van der Waals surface area contributed by atoms with Gasteiger partial charge in [-0.1, -0.05) is 22.6 Å². The molecule has 1 aliphatic rings. The van der Waals surface area contributed by atoms with Gasteiger partial charge in [0.2, 0.25) is 0 Å². The molecular formula is C18H25IN4O8. The Balaban J connectivity index is 2.27. The van der Waals surface area contributed by atoms with Crippen molar-refractivity contribution in [1.82, 2.24) is 5.32 Å². The molecule has 1 atom stereocenters. The van der Waals surface area contributed by atoms with Gasteiger partial charge in [-0.15, -0.1) is 0 Å². The number of benzene rings is 1. The number of non-ortho nitro benzene ring substituents is 1. The van der Waals surface area contributed by atoms with Gasteiger partial charge in [0.25, 0.3) is 17.3 Å². The molecule has 1 aromatic rings. The molecular weight excluding hydrogens is 527 g/mol. The summed E-state index contributed by atoms with van der Waals surface area (Å²) in [5.74, 6) is -0.702. The molecule has 0 bridgehead atoms. The number of hydrogen-bond acceptors (Lipinski definition) is 9. The Labute approximate surface area is 192 Å². The average molecular weight is 552 g/mol. The number of nitro benzene ring substituents is 2. The lowest BCUT2D eigenvalue weighted by molar-refractivity contribution is -0.393. The molecule has 13 heteroatoms. The van der Waals surface area contributed by atoms with Crippen molar-refractivity contribution in [2.45, 2.75) is 25.6 Å². The second-order valence-electron chi connectivity index (χ2n) is 6.70. The number of aliphatic hydroxyl groups is 1. The minimum absolute atomic E-state index is 0.0318. The molecule has 1 aromatic carbocycles. The first-order valence-electron chi connectivity index (χ1n) is 9.79. The molecule has 0 saturated carbocycles. The first-order chi connectivity index (χ1) is 14.9. The van der Waals surface area contributed by atoms with E-state index in [1.54, 1.807) is 0 Å². The number of aliphatic hydroxyl groups excluding tert-OH is 1. The van der Waals surface area contributed by atoms with Gasteiger partial charge in [-0.25, -0.2) is 0 Å². The Hall–Kier alpha value is -2.10. The maximum Gasteiger partial charge on any atom is 0.300 e. The number of nitrogens with one attached hydrogen (secondary N) is 1. The third kappa shape index (κ3) is 7.22. The number of halogens is 1. The summed E-state index contributed by atoms with van der Waals surface area (Å²) >= 11 is 2.06. The number of nitrogens with zero attached hydrogens (tertiary/aromatic N) is 3. The van der Waals surface area contributed by atoms with Crippen LogP contribution in [0, 0.1) is 20.2 Å². The number of amides is 1. The van der Waals surface area contributed by atoms with Crippen LogP contribution >= 0.6 is 22.6 Å². The van der Waals surface area contributed by atoms with Gasteiger partial charge in [0.05, 0.1) is 34.7 Å². The summed E-state index contributed by atoms with van der Waals surface area (Å²) in [7, 11) is 0. The fraction of sp³-hybridized carbons (Fsp3) is 0.611. The van der Waals surface area contributed by atoms with E-state index in [1.165, 1.54) is 4.90 Å². The highest BCUT2D eigenvalue weighted by Gasteiger charge is 2.30. The van der Waals surface area contributed by atoms with Crippen LogP contribution in [-0.2, 0) is 9.47 Å². The Bertz CT molecular complexity index is 782. The zero-order valence-corrected chi connectivity index (χ0v) is 19.0. The monoisotopic (exact) mass is 552 g/mol. The van der Waals surface area contributed by atoms with Crippen molar-refractivity contribution in [3.63, 3.8) is 0 Å². The van der Waals surface area contributed by atoms with Crippen molar-refractivity contribution in [2.24, 2.45) is 0 Å². The van der Waals surface area contributed by atoms with E-state index in [-0.39, 0.29) is 43.8 Å². The fourth-order valence-corrected chi connectivity index (χ4v) is 3.79. The van der Waals surface area contributed by atoms with Crippen molar-refractivity contribution in [3.8, 4) is 0 Å². The van der Waals surface area contributed by atoms with E-state index in [2.05, 4.69) is 27.9 Å². The van der Waals surface area contributed by atoms with E-state index in [0.717, 1.165) is 31.4 Å². The summed E-state index contributed by atoms with van der Waals surface area (Å²) in [6.07, 6.45) is 2.41. The highest BCUT2D eigenvalue weighted by molar-refractivity contribution is 14.1. The number of rotatable bonds is 12. The average Bonchev–Trinajstić information content (AvgIpc) is 2.76. The van der Waals surface area contributed by atoms with Crippen LogP contribution in [0.5, 0.6) is 0 Å². The van der Waals surface area contributed by atoms with E-state index in [1.807, 2.05) is 0 Å². The minimum Gasteiger partial charge on any atom is -0.395 e. The quantitative estimate of drug-likeness (QED) is 0.130. The van der Waals surface area contributed by atoms with E-state index in [9.17, 15) is 30.1 Å². The Kier molecular flexibility index (Phi) is 10.3. The molecule has 0 aliphatic carbocycles. The van der Waals surface area contributed by atoms with Gasteiger partial charge in [-0.2, -0.15) is 0 Å². The molecule has 1 unspecified atom stereocenters. The highest BCUT2D eigenvalue weighted by atomic mass is 127. The van der Waals surface area contributed by atoms with Gasteiger partial charge in [0.15, 0.2) is 6.29 Å². The van der Waals surface area contributed by atoms with Crippen molar-refractivity contribution < 1.29 is 29.2 Å². The molecule has 172 valence electrons. The molecule has 31 heavy (non-hydrogen) atoms. The summed E-state index contributed by atoms with van der Waals surface area (Å²) in [5.41, 5.74) is -1.39. The second kappa shape index (κ2) is 12.7. The lowest BCUT2D eigenvalue weighted by Crippen LogP contribution is -2.34. The van der Waals surface area contributed by atoms with E-state index in [4.69, 9.17) is 9.47 Å². The number of carbonyl (C=O) groups excluding carboxylic acids is 1. The molecule has 1 aliphatic heterocycles. The van der Waals surface area contributed by atoms with E-state index >= 15 is 0 Å². The summed E-state index contributed by atoms with van der Waals surface area (Å²) in [4.78, 5) is 35.7. The molecule has 1 saturated heterocycles. The van der Waals surface area contributed by atoms with Gasteiger partial charge < -0.3 is 24.8 Å². The molecule has 2 N–H and O–H groups in total. The predicted molar refractivity (Wildman–Crippen MR) is 120 cm³/mol. The fourth-order valence-electron chi connectivity index (χ4n) is 3.21. The lowest BCUT2D eigenvalue weighted by Gasteiger charge is -2.25. The molecule has 2 rings (SSSR count). The van der Waals surface area contributed by atoms with Crippen LogP contribution in [0.25, 0.3) is 0 Å². The molecule has 1 heterocycles. The SMILES string of the molecule is O=C(NCCOC1CCCCO1)c1cc([N+](=O)[O-])cc([N+](=O)[O-])c1N(CCO)CCI. The third-order valence-electron chi connectivity index (χ3n) is 4.60. The molecule has 12 nitrogen and oxygen atoms in total. The predicted octanol–water partition coefficient (Wildman–Crippen LogP) is 2.01. The molecule has 0 spiro atoms. The van der Waals surface area contributed by atoms with Crippen LogP contribution in [0.3, 0.4) is 0 Å². The first kappa shape index (κ1) is 25.2. The lowest BCUT2D eigenvalue weighted by atomic mass is 10.1. The van der Waals surface area contributed by atoms with Gasteiger partial charge in [0.1, 0.15) is 5.69 Å². The zero-order chi connectivity index (χ0) is 22.8.